The quantitative estimate of drug-likeness (QED) is 0.755. The van der Waals surface area contributed by atoms with Crippen LogP contribution in [0.2, 0.25) is 0 Å². The van der Waals surface area contributed by atoms with E-state index < -0.39 is 10.3 Å². The molecule has 0 aliphatic heterocycles. The van der Waals surface area contributed by atoms with E-state index in [0.29, 0.717) is 0 Å². The molecular weight excluding hydrogens is 207 g/mol. The molecule has 1 aromatic carbocycles. The van der Waals surface area contributed by atoms with Crippen molar-refractivity contribution in [3.8, 4) is 5.75 Å². The fourth-order valence-corrected chi connectivity index (χ4v) is 1.37. The molecule has 0 aromatic heterocycles. The lowest BCUT2D eigenvalue weighted by atomic mass is 9.86. The highest BCUT2D eigenvalue weighted by atomic mass is 35.5. The first-order chi connectivity index (χ1) is 5.96. The highest BCUT2D eigenvalue weighted by molar-refractivity contribution is 6.45. The summed E-state index contributed by atoms with van der Waals surface area (Å²) in [6.07, 6.45) is 0. The molecule has 1 rings (SSSR count). The van der Waals surface area contributed by atoms with Crippen LogP contribution < -0.4 is 0 Å². The summed E-state index contributed by atoms with van der Waals surface area (Å²) in [5.41, 5.74) is 0.332. The molecule has 1 nitrogen and oxygen atoms in total. The largest absolute Gasteiger partial charge is 0.508 e. The first-order valence-electron chi connectivity index (χ1n) is 4.03. The monoisotopic (exact) mass is 218 g/mol. The predicted octanol–water partition coefficient (Wildman–Crippen LogP) is 3.47. The zero-order valence-electron chi connectivity index (χ0n) is 7.59. The Labute approximate surface area is 88.3 Å². The molecule has 0 spiro atoms. The van der Waals surface area contributed by atoms with E-state index in [4.69, 9.17) is 23.2 Å². The van der Waals surface area contributed by atoms with Crippen molar-refractivity contribution in [2.24, 2.45) is 0 Å². The Kier molecular flexibility index (Phi) is 3.09. The van der Waals surface area contributed by atoms with Crippen LogP contribution in [-0.4, -0.2) is 9.94 Å². The number of aromatic hydroxyl groups is 1. The summed E-state index contributed by atoms with van der Waals surface area (Å²) >= 11 is 11.7. The van der Waals surface area contributed by atoms with Crippen LogP contribution in [0.5, 0.6) is 5.75 Å². The molecule has 13 heavy (non-hydrogen) atoms. The maximum atomic E-state index is 9.58. The molecule has 0 heterocycles. The van der Waals surface area contributed by atoms with Gasteiger partial charge in [-0.15, -0.1) is 23.2 Å². The van der Waals surface area contributed by atoms with Crippen molar-refractivity contribution >= 4 is 23.2 Å². The summed E-state index contributed by atoms with van der Waals surface area (Å²) in [6.45, 7) is 3.79. The van der Waals surface area contributed by atoms with Gasteiger partial charge in [-0.2, -0.15) is 0 Å². The van der Waals surface area contributed by atoms with E-state index in [1.54, 1.807) is 12.1 Å². The summed E-state index contributed by atoms with van der Waals surface area (Å²) in [4.78, 5) is -0.541. The molecule has 3 heteroatoms. The number of halogens is 2. The first-order valence-corrected chi connectivity index (χ1v) is 4.90. The van der Waals surface area contributed by atoms with E-state index in [-0.39, 0.29) is 5.75 Å². The molecular formula is C10H12Cl2O. The summed E-state index contributed by atoms with van der Waals surface area (Å²) in [5, 5.41) is 9.58. The van der Waals surface area contributed by atoms with Gasteiger partial charge in [0, 0.05) is 11.0 Å². The van der Waals surface area contributed by atoms with Crippen LogP contribution >= 0.6 is 23.2 Å². The van der Waals surface area contributed by atoms with Gasteiger partial charge in [-0.25, -0.2) is 0 Å². The van der Waals surface area contributed by atoms with Gasteiger partial charge in [-0.05, 0) is 6.07 Å². The number of alkyl halides is 2. The van der Waals surface area contributed by atoms with Crippen LogP contribution in [0.25, 0.3) is 0 Å². The summed E-state index contributed by atoms with van der Waals surface area (Å²) in [5.74, 6) is 0.235. The maximum Gasteiger partial charge on any atom is 0.119 e. The van der Waals surface area contributed by atoms with Gasteiger partial charge in [0.25, 0.3) is 0 Å². The Bertz CT molecular complexity index is 295. The number of phenolic OH excluding ortho intramolecular Hbond substituents is 1. The van der Waals surface area contributed by atoms with Gasteiger partial charge >= 0.3 is 0 Å². The fourth-order valence-electron chi connectivity index (χ4n) is 1.14. The van der Waals surface area contributed by atoms with Crippen LogP contribution in [0.15, 0.2) is 24.3 Å². The second-order valence-corrected chi connectivity index (χ2v) is 4.64. The fraction of sp³-hybridized carbons (Fsp3) is 0.400. The molecule has 0 atom stereocenters. The molecule has 0 radical (unpaired) electrons. The molecule has 0 bridgehead atoms. The minimum atomic E-state index is -0.541. The van der Waals surface area contributed by atoms with E-state index in [1.807, 2.05) is 26.0 Å². The molecule has 0 aliphatic rings. The number of hydrogen-bond donors (Lipinski definition) is 1. The minimum absolute atomic E-state index is 0.235. The van der Waals surface area contributed by atoms with Crippen molar-refractivity contribution in [2.45, 2.75) is 24.1 Å². The lowest BCUT2D eigenvalue weighted by Crippen LogP contribution is -2.25. The van der Waals surface area contributed by atoms with Crippen LogP contribution in [-0.2, 0) is 5.41 Å². The van der Waals surface area contributed by atoms with Gasteiger partial charge in [0.2, 0.25) is 0 Å². The molecule has 72 valence electrons. The van der Waals surface area contributed by atoms with Gasteiger partial charge in [0.1, 0.15) is 10.6 Å². The van der Waals surface area contributed by atoms with Gasteiger partial charge in [-0.1, -0.05) is 32.0 Å². The van der Waals surface area contributed by atoms with Crippen molar-refractivity contribution in [3.63, 3.8) is 0 Å². The van der Waals surface area contributed by atoms with Gasteiger partial charge in [0.05, 0.1) is 0 Å². The predicted molar refractivity (Wildman–Crippen MR) is 56.6 cm³/mol. The summed E-state index contributed by atoms with van der Waals surface area (Å²) < 4.78 is 0. The first kappa shape index (κ1) is 10.7. The maximum absolute atomic E-state index is 9.58. The second kappa shape index (κ2) is 3.77. The van der Waals surface area contributed by atoms with Crippen LogP contribution in [0.3, 0.4) is 0 Å². The average Bonchev–Trinajstić information content (AvgIpc) is 2.04. The minimum Gasteiger partial charge on any atom is -0.508 e. The molecule has 0 unspecified atom stereocenters. The molecule has 0 amide bonds. The van der Waals surface area contributed by atoms with E-state index >= 15 is 0 Å². The average molecular weight is 219 g/mol. The van der Waals surface area contributed by atoms with Gasteiger partial charge < -0.3 is 5.11 Å². The second-order valence-electron chi connectivity index (χ2n) is 3.54. The van der Waals surface area contributed by atoms with E-state index in [1.165, 1.54) is 0 Å². The van der Waals surface area contributed by atoms with E-state index in [9.17, 15) is 5.11 Å². The van der Waals surface area contributed by atoms with Crippen molar-refractivity contribution < 1.29 is 5.11 Å². The number of rotatable bonds is 2. The lowest BCUT2D eigenvalue weighted by Gasteiger charge is -2.27. The van der Waals surface area contributed by atoms with Crippen molar-refractivity contribution in [1.29, 1.82) is 0 Å². The Morgan fingerprint density at radius 3 is 2.23 bits per heavy atom. The van der Waals surface area contributed by atoms with Crippen LogP contribution in [0.4, 0.5) is 0 Å². The van der Waals surface area contributed by atoms with Crippen LogP contribution in [0, 0.1) is 0 Å². The molecule has 0 aliphatic carbocycles. The molecule has 0 fully saturated rings. The number of hydrogen-bond acceptors (Lipinski definition) is 1. The van der Waals surface area contributed by atoms with Crippen molar-refractivity contribution in [3.05, 3.63) is 29.8 Å². The zero-order valence-corrected chi connectivity index (χ0v) is 9.10. The Balaban J connectivity index is 3.14. The highest BCUT2D eigenvalue weighted by Gasteiger charge is 2.30. The standard InChI is InChI=1S/C10H12Cl2O/c1-10(2,9(11)12)7-5-3-4-6-8(7)13/h3-6,9,13H,1-2H3. The van der Waals surface area contributed by atoms with Gasteiger partial charge in [0.15, 0.2) is 0 Å². The molecule has 0 saturated carbocycles. The summed E-state index contributed by atoms with van der Waals surface area (Å²) in [7, 11) is 0. The zero-order chi connectivity index (χ0) is 10.1. The smallest absolute Gasteiger partial charge is 0.119 e. The Morgan fingerprint density at radius 1 is 1.23 bits per heavy atom. The topological polar surface area (TPSA) is 20.2 Å². The molecule has 1 N–H and O–H groups in total. The third-order valence-corrected chi connectivity index (χ3v) is 3.23. The Hall–Kier alpha value is -0.400. The molecule has 1 aromatic rings. The SMILES string of the molecule is CC(C)(c1ccccc1O)C(Cl)Cl. The lowest BCUT2D eigenvalue weighted by molar-refractivity contribution is 0.443. The third kappa shape index (κ3) is 2.09. The third-order valence-electron chi connectivity index (χ3n) is 2.14. The number of para-hydroxylation sites is 1. The number of phenols is 1. The van der Waals surface area contributed by atoms with E-state index in [2.05, 4.69) is 0 Å². The number of benzene rings is 1. The summed E-state index contributed by atoms with van der Waals surface area (Å²) in [6, 6.07) is 7.08. The molecule has 0 saturated heterocycles. The van der Waals surface area contributed by atoms with Gasteiger partial charge in [-0.3, -0.25) is 0 Å². The van der Waals surface area contributed by atoms with Crippen molar-refractivity contribution in [1.82, 2.24) is 0 Å². The van der Waals surface area contributed by atoms with E-state index in [0.717, 1.165) is 5.56 Å². The van der Waals surface area contributed by atoms with Crippen molar-refractivity contribution in [2.75, 3.05) is 0 Å². The Morgan fingerprint density at radius 2 is 1.77 bits per heavy atom. The van der Waals surface area contributed by atoms with Crippen LogP contribution in [0.1, 0.15) is 19.4 Å². The highest BCUT2D eigenvalue weighted by Crippen LogP contribution is 2.37. The normalized spacial score (nSPS) is 12.1.